The van der Waals surface area contributed by atoms with Gasteiger partial charge in [-0.15, -0.1) is 0 Å². The Morgan fingerprint density at radius 1 is 1.62 bits per heavy atom. The Balaban J connectivity index is 2.03. The molecule has 0 radical (unpaired) electrons. The van der Waals surface area contributed by atoms with E-state index in [2.05, 4.69) is 10.3 Å². The molecule has 3 rings (SSSR count). The number of hydrogen-bond acceptors (Lipinski definition) is 5. The van der Waals surface area contributed by atoms with Crippen LogP contribution >= 0.6 is 11.3 Å². The average Bonchev–Trinajstić information content (AvgIpc) is 2.68. The van der Waals surface area contributed by atoms with E-state index in [4.69, 9.17) is 0 Å². The molecule has 0 saturated heterocycles. The number of nitrogens with one attached hydrogen (secondary N) is 1. The molecule has 1 aliphatic carbocycles. The van der Waals surface area contributed by atoms with E-state index < -0.39 is 0 Å². The molecule has 0 amide bonds. The molecular formula is C9H10N4O2S. The third-order valence-corrected chi connectivity index (χ3v) is 3.61. The molecule has 0 spiro atoms. The Kier molecular flexibility index (Phi) is 2.06. The van der Waals surface area contributed by atoms with Gasteiger partial charge in [0.05, 0.1) is 0 Å². The molecule has 1 saturated carbocycles. The van der Waals surface area contributed by atoms with Crippen LogP contribution in [0.3, 0.4) is 0 Å². The van der Waals surface area contributed by atoms with Crippen molar-refractivity contribution in [1.29, 1.82) is 0 Å². The summed E-state index contributed by atoms with van der Waals surface area (Å²) in [5.74, 6) is 0.449. The zero-order valence-corrected chi connectivity index (χ0v) is 9.24. The molecule has 0 aromatic carbocycles. The second-order valence-electron chi connectivity index (χ2n) is 3.87. The van der Waals surface area contributed by atoms with Gasteiger partial charge in [0.15, 0.2) is 0 Å². The number of nitro groups is 1. The number of imidazole rings is 1. The van der Waals surface area contributed by atoms with Crippen LogP contribution in [0.4, 0.5) is 11.6 Å². The van der Waals surface area contributed by atoms with Crippen LogP contribution in [0.5, 0.6) is 0 Å². The molecule has 16 heavy (non-hydrogen) atoms. The van der Waals surface area contributed by atoms with Gasteiger partial charge in [0.1, 0.15) is 6.20 Å². The predicted molar refractivity (Wildman–Crippen MR) is 61.0 cm³/mol. The summed E-state index contributed by atoms with van der Waals surface area (Å²) in [4.78, 5) is 15.5. The SMILES string of the molecule is O=[N+]([O-])c1c(NC2CCC2)nc2sccn12. The van der Waals surface area contributed by atoms with Gasteiger partial charge in [0, 0.05) is 11.4 Å². The summed E-state index contributed by atoms with van der Waals surface area (Å²) < 4.78 is 1.52. The highest BCUT2D eigenvalue weighted by atomic mass is 32.1. The lowest BCUT2D eigenvalue weighted by Crippen LogP contribution is -2.27. The first-order valence-electron chi connectivity index (χ1n) is 5.12. The second kappa shape index (κ2) is 3.44. The lowest BCUT2D eigenvalue weighted by Gasteiger charge is -2.25. The molecule has 2 aromatic heterocycles. The highest BCUT2D eigenvalue weighted by molar-refractivity contribution is 7.15. The number of aromatic nitrogens is 2. The highest BCUT2D eigenvalue weighted by Gasteiger charge is 2.27. The number of thiazole rings is 1. The van der Waals surface area contributed by atoms with Crippen LogP contribution in [-0.2, 0) is 0 Å². The largest absolute Gasteiger partial charge is 0.372 e. The Morgan fingerprint density at radius 2 is 2.44 bits per heavy atom. The molecule has 2 heterocycles. The van der Waals surface area contributed by atoms with E-state index in [1.807, 2.05) is 0 Å². The van der Waals surface area contributed by atoms with Crippen LogP contribution in [0.1, 0.15) is 19.3 Å². The fourth-order valence-corrected chi connectivity index (χ4v) is 2.50. The Morgan fingerprint density at radius 3 is 3.06 bits per heavy atom. The maximum atomic E-state index is 11.0. The monoisotopic (exact) mass is 238 g/mol. The van der Waals surface area contributed by atoms with Gasteiger partial charge >= 0.3 is 5.82 Å². The summed E-state index contributed by atoms with van der Waals surface area (Å²) in [6.45, 7) is 0. The van der Waals surface area contributed by atoms with Crippen molar-refractivity contribution in [3.05, 3.63) is 21.7 Å². The van der Waals surface area contributed by atoms with Crippen LogP contribution in [0.2, 0.25) is 0 Å². The molecule has 84 valence electrons. The van der Waals surface area contributed by atoms with E-state index in [0.717, 1.165) is 12.8 Å². The molecule has 2 aromatic rings. The fourth-order valence-electron chi connectivity index (χ4n) is 1.79. The fraction of sp³-hybridized carbons (Fsp3) is 0.444. The van der Waals surface area contributed by atoms with E-state index in [9.17, 15) is 10.1 Å². The van der Waals surface area contributed by atoms with Crippen molar-refractivity contribution in [1.82, 2.24) is 9.38 Å². The number of rotatable bonds is 3. The normalized spacial score (nSPS) is 16.2. The molecule has 1 N–H and O–H groups in total. The van der Waals surface area contributed by atoms with Crippen molar-refractivity contribution in [2.75, 3.05) is 5.32 Å². The van der Waals surface area contributed by atoms with E-state index >= 15 is 0 Å². The third-order valence-electron chi connectivity index (χ3n) is 2.86. The van der Waals surface area contributed by atoms with Gasteiger partial charge in [0.25, 0.3) is 4.96 Å². The van der Waals surface area contributed by atoms with E-state index in [0.29, 0.717) is 16.8 Å². The maximum Gasteiger partial charge on any atom is 0.372 e. The average molecular weight is 238 g/mol. The minimum atomic E-state index is -0.381. The van der Waals surface area contributed by atoms with Gasteiger partial charge in [-0.3, -0.25) is 0 Å². The van der Waals surface area contributed by atoms with Crippen molar-refractivity contribution >= 4 is 27.9 Å². The van der Waals surface area contributed by atoms with Crippen molar-refractivity contribution in [2.24, 2.45) is 0 Å². The highest BCUT2D eigenvalue weighted by Crippen LogP contribution is 2.31. The molecule has 7 heteroatoms. The Hall–Kier alpha value is -1.63. The number of nitrogens with zero attached hydrogens (tertiary/aromatic N) is 3. The van der Waals surface area contributed by atoms with Crippen molar-refractivity contribution in [3.8, 4) is 0 Å². The molecule has 6 nitrogen and oxygen atoms in total. The quantitative estimate of drug-likeness (QED) is 0.657. The minimum Gasteiger partial charge on any atom is -0.360 e. The van der Waals surface area contributed by atoms with Crippen LogP contribution in [0.15, 0.2) is 11.6 Å². The van der Waals surface area contributed by atoms with E-state index in [1.54, 1.807) is 11.6 Å². The molecule has 0 bridgehead atoms. The van der Waals surface area contributed by atoms with Gasteiger partial charge in [-0.05, 0) is 24.2 Å². The van der Waals surface area contributed by atoms with E-state index in [1.165, 1.54) is 22.2 Å². The van der Waals surface area contributed by atoms with Gasteiger partial charge in [-0.25, -0.2) is 0 Å². The number of hydrogen-bond donors (Lipinski definition) is 1. The molecule has 0 unspecified atom stereocenters. The maximum absolute atomic E-state index is 11.0. The van der Waals surface area contributed by atoms with Gasteiger partial charge < -0.3 is 15.4 Å². The molecule has 0 aliphatic heterocycles. The van der Waals surface area contributed by atoms with Crippen molar-refractivity contribution < 1.29 is 4.92 Å². The molecule has 1 fully saturated rings. The third kappa shape index (κ3) is 1.35. The summed E-state index contributed by atoms with van der Waals surface area (Å²) >= 11 is 1.40. The molecule has 1 aliphatic rings. The topological polar surface area (TPSA) is 72.5 Å². The summed E-state index contributed by atoms with van der Waals surface area (Å²) in [6, 6.07) is 0.350. The zero-order chi connectivity index (χ0) is 11.1. The first-order valence-corrected chi connectivity index (χ1v) is 6.00. The molecule has 0 atom stereocenters. The van der Waals surface area contributed by atoms with Crippen LogP contribution in [-0.4, -0.2) is 20.3 Å². The lowest BCUT2D eigenvalue weighted by atomic mass is 9.93. The smallest absolute Gasteiger partial charge is 0.360 e. The van der Waals surface area contributed by atoms with Crippen molar-refractivity contribution in [3.63, 3.8) is 0 Å². The van der Waals surface area contributed by atoms with E-state index in [-0.39, 0.29) is 10.7 Å². The van der Waals surface area contributed by atoms with Crippen LogP contribution in [0, 0.1) is 10.1 Å². The lowest BCUT2D eigenvalue weighted by molar-refractivity contribution is -0.389. The summed E-state index contributed by atoms with van der Waals surface area (Å²) in [6.07, 6.45) is 5.01. The van der Waals surface area contributed by atoms with Gasteiger partial charge in [0.2, 0.25) is 5.82 Å². The minimum absolute atomic E-state index is 0.0446. The van der Waals surface area contributed by atoms with Crippen molar-refractivity contribution in [2.45, 2.75) is 25.3 Å². The van der Waals surface area contributed by atoms with Crippen LogP contribution in [0.25, 0.3) is 4.96 Å². The van der Waals surface area contributed by atoms with Crippen LogP contribution < -0.4 is 5.32 Å². The second-order valence-corrected chi connectivity index (χ2v) is 4.74. The number of anilines is 1. The number of fused-ring (bicyclic) bond motifs is 1. The Labute approximate surface area is 95.1 Å². The Bertz CT molecular complexity index is 543. The first-order chi connectivity index (χ1) is 7.75. The summed E-state index contributed by atoms with van der Waals surface area (Å²) in [5.41, 5.74) is 0. The summed E-state index contributed by atoms with van der Waals surface area (Å²) in [5, 5.41) is 15.9. The van der Waals surface area contributed by atoms with Gasteiger partial charge in [-0.2, -0.15) is 9.38 Å². The molecular weight excluding hydrogens is 228 g/mol. The standard InChI is InChI=1S/C9H10N4O2S/c14-13(15)8-7(10-6-2-1-3-6)11-9-12(8)4-5-16-9/h4-6,10H,1-3H2. The summed E-state index contributed by atoms with van der Waals surface area (Å²) in [7, 11) is 0. The van der Waals surface area contributed by atoms with Gasteiger partial charge in [-0.1, -0.05) is 11.3 Å². The zero-order valence-electron chi connectivity index (χ0n) is 8.42. The predicted octanol–water partition coefficient (Wildman–Crippen LogP) is 2.27. The first kappa shape index (κ1) is 9.59.